The minimum atomic E-state index is -1.33. The topological polar surface area (TPSA) is 75.3 Å². The second-order valence-electron chi connectivity index (χ2n) is 3.20. The van der Waals surface area contributed by atoms with Crippen molar-refractivity contribution in [2.45, 2.75) is 0 Å². The molecule has 0 radical (unpaired) electrons. The van der Waals surface area contributed by atoms with Crippen molar-refractivity contribution < 1.29 is 23.8 Å². The van der Waals surface area contributed by atoms with E-state index in [4.69, 9.17) is 5.11 Å². The van der Waals surface area contributed by atoms with Crippen LogP contribution in [0.5, 0.6) is 5.88 Å². The molecule has 0 aliphatic heterocycles. The first-order valence-corrected chi connectivity index (χ1v) is 4.47. The van der Waals surface area contributed by atoms with E-state index in [1.54, 1.807) is 0 Å². The first-order chi connectivity index (χ1) is 7.99. The van der Waals surface area contributed by atoms with Crippen LogP contribution in [0.1, 0.15) is 10.5 Å². The highest BCUT2D eigenvalue weighted by Gasteiger charge is 2.14. The summed E-state index contributed by atoms with van der Waals surface area (Å²) in [5.41, 5.74) is -0.374. The highest BCUT2D eigenvalue weighted by molar-refractivity contribution is 5.85. The van der Waals surface area contributed by atoms with Crippen LogP contribution in [-0.4, -0.2) is 26.0 Å². The maximum Gasteiger partial charge on any atom is 0.356 e. The van der Waals surface area contributed by atoms with Gasteiger partial charge in [0.25, 0.3) is 0 Å². The van der Waals surface area contributed by atoms with E-state index in [1.807, 2.05) is 0 Å². The fourth-order valence-corrected chi connectivity index (χ4v) is 1.28. The Bertz CT molecular complexity index is 595. The van der Waals surface area contributed by atoms with Crippen molar-refractivity contribution in [3.63, 3.8) is 0 Å². The number of rotatable bonds is 2. The summed E-state index contributed by atoms with van der Waals surface area (Å²) in [7, 11) is 0. The van der Waals surface area contributed by atoms with Crippen LogP contribution in [0.4, 0.5) is 8.78 Å². The first-order valence-electron chi connectivity index (χ1n) is 4.47. The summed E-state index contributed by atoms with van der Waals surface area (Å²) in [6.45, 7) is 0. The first kappa shape index (κ1) is 11.1. The predicted octanol–water partition coefficient (Wildman–Crippen LogP) is 1.55. The van der Waals surface area contributed by atoms with Crippen molar-refractivity contribution in [3.8, 4) is 11.6 Å². The Labute approximate surface area is 93.5 Å². The maximum absolute atomic E-state index is 12.9. The highest BCUT2D eigenvalue weighted by Crippen LogP contribution is 2.19. The number of aromatic hydroxyl groups is 1. The van der Waals surface area contributed by atoms with Gasteiger partial charge in [0.2, 0.25) is 5.88 Å². The van der Waals surface area contributed by atoms with Crippen molar-refractivity contribution in [3.05, 3.63) is 41.6 Å². The molecule has 0 fully saturated rings. The van der Waals surface area contributed by atoms with E-state index in [1.165, 1.54) is 0 Å². The quantitative estimate of drug-likeness (QED) is 0.835. The second-order valence-corrected chi connectivity index (χ2v) is 3.20. The van der Waals surface area contributed by atoms with Gasteiger partial charge in [-0.05, 0) is 12.1 Å². The molecular formula is C10H6F2N2O3. The monoisotopic (exact) mass is 240 g/mol. The van der Waals surface area contributed by atoms with Crippen molar-refractivity contribution in [2.75, 3.05) is 0 Å². The summed E-state index contributed by atoms with van der Waals surface area (Å²) in [6, 6.07) is 3.72. The molecule has 0 unspecified atom stereocenters. The third kappa shape index (κ3) is 1.94. The molecular weight excluding hydrogens is 234 g/mol. The smallest absolute Gasteiger partial charge is 0.356 e. The van der Waals surface area contributed by atoms with E-state index in [2.05, 4.69) is 5.10 Å². The van der Waals surface area contributed by atoms with Gasteiger partial charge in [-0.3, -0.25) is 0 Å². The molecule has 2 N–H and O–H groups in total. The van der Waals surface area contributed by atoms with Gasteiger partial charge in [0, 0.05) is 12.1 Å². The minimum absolute atomic E-state index is 0.0221. The third-order valence-electron chi connectivity index (χ3n) is 2.06. The van der Waals surface area contributed by atoms with Crippen molar-refractivity contribution in [1.29, 1.82) is 0 Å². The number of nitrogens with zero attached hydrogens (tertiary/aromatic N) is 2. The predicted molar refractivity (Wildman–Crippen MR) is 52.1 cm³/mol. The summed E-state index contributed by atoms with van der Waals surface area (Å²) in [6.07, 6.45) is 0. The lowest BCUT2D eigenvalue weighted by atomic mass is 10.3. The normalized spacial score (nSPS) is 10.5. The Morgan fingerprint density at radius 3 is 2.47 bits per heavy atom. The molecule has 5 nitrogen and oxygen atoms in total. The van der Waals surface area contributed by atoms with Gasteiger partial charge >= 0.3 is 5.97 Å². The molecule has 17 heavy (non-hydrogen) atoms. The fourth-order valence-electron chi connectivity index (χ4n) is 1.28. The molecule has 2 rings (SSSR count). The van der Waals surface area contributed by atoms with E-state index in [9.17, 15) is 18.7 Å². The fraction of sp³-hybridized carbons (Fsp3) is 0. The number of aromatic nitrogens is 2. The molecule has 0 spiro atoms. The van der Waals surface area contributed by atoms with Gasteiger partial charge in [-0.2, -0.15) is 5.10 Å². The van der Waals surface area contributed by atoms with Gasteiger partial charge in [0.15, 0.2) is 17.3 Å². The summed E-state index contributed by atoms with van der Waals surface area (Å²) >= 11 is 0. The lowest BCUT2D eigenvalue weighted by molar-refractivity contribution is 0.0690. The SMILES string of the molecule is O=C(O)c1cc(O)n(-c2ccc(F)c(F)c2)n1. The van der Waals surface area contributed by atoms with Gasteiger partial charge in [0.1, 0.15) is 0 Å². The maximum atomic E-state index is 12.9. The van der Waals surface area contributed by atoms with Gasteiger partial charge in [-0.1, -0.05) is 0 Å². The lowest BCUT2D eigenvalue weighted by Crippen LogP contribution is -2.02. The summed E-state index contributed by atoms with van der Waals surface area (Å²) < 4.78 is 26.4. The second kappa shape index (κ2) is 3.85. The molecule has 0 bridgehead atoms. The number of carboxylic acids is 1. The van der Waals surface area contributed by atoms with Gasteiger partial charge < -0.3 is 10.2 Å². The zero-order valence-corrected chi connectivity index (χ0v) is 8.26. The summed E-state index contributed by atoms with van der Waals surface area (Å²) in [5.74, 6) is -3.97. The van der Waals surface area contributed by atoms with Crippen molar-refractivity contribution in [1.82, 2.24) is 9.78 Å². The molecule has 0 saturated heterocycles. The van der Waals surface area contributed by atoms with Crippen LogP contribution in [0.25, 0.3) is 5.69 Å². The van der Waals surface area contributed by atoms with Crippen molar-refractivity contribution >= 4 is 5.97 Å². The molecule has 0 aliphatic carbocycles. The molecule has 0 saturated carbocycles. The molecule has 0 aliphatic rings. The number of carboxylic acid groups (broad SMARTS) is 1. The van der Waals surface area contributed by atoms with Gasteiger partial charge in [-0.25, -0.2) is 18.3 Å². The molecule has 0 amide bonds. The summed E-state index contributed by atoms with van der Waals surface area (Å²) in [4.78, 5) is 10.6. The Balaban J connectivity index is 2.52. The highest BCUT2D eigenvalue weighted by atomic mass is 19.2. The molecule has 0 atom stereocenters. The Morgan fingerprint density at radius 2 is 1.94 bits per heavy atom. The molecule has 2 aromatic rings. The van der Waals surface area contributed by atoms with E-state index < -0.39 is 29.2 Å². The standard InChI is InChI=1S/C10H6F2N2O3/c11-6-2-1-5(3-7(6)12)14-9(15)4-8(13-14)10(16)17/h1-4,15H,(H,16,17). The van der Waals surface area contributed by atoms with Crippen LogP contribution >= 0.6 is 0 Å². The number of aromatic carboxylic acids is 1. The van der Waals surface area contributed by atoms with Crippen molar-refractivity contribution in [2.24, 2.45) is 0 Å². The van der Waals surface area contributed by atoms with E-state index in [0.717, 1.165) is 28.9 Å². The van der Waals surface area contributed by atoms with Crippen LogP contribution in [0, 0.1) is 11.6 Å². The van der Waals surface area contributed by atoms with Gasteiger partial charge in [-0.15, -0.1) is 0 Å². The van der Waals surface area contributed by atoms with Crippen LogP contribution in [0.3, 0.4) is 0 Å². The minimum Gasteiger partial charge on any atom is -0.493 e. The molecule has 1 heterocycles. The molecule has 88 valence electrons. The van der Waals surface area contributed by atoms with Gasteiger partial charge in [0.05, 0.1) is 5.69 Å². The molecule has 1 aromatic heterocycles. The Kier molecular flexibility index (Phi) is 2.51. The van der Waals surface area contributed by atoms with Crippen LogP contribution in [0.15, 0.2) is 24.3 Å². The lowest BCUT2D eigenvalue weighted by Gasteiger charge is -2.02. The third-order valence-corrected chi connectivity index (χ3v) is 2.06. The van der Waals surface area contributed by atoms with Crippen LogP contribution in [0.2, 0.25) is 0 Å². The summed E-state index contributed by atoms with van der Waals surface area (Å²) in [5, 5.41) is 21.6. The number of carbonyl (C=O) groups is 1. The molecule has 1 aromatic carbocycles. The number of hydrogen-bond donors (Lipinski definition) is 2. The van der Waals surface area contributed by atoms with E-state index in [-0.39, 0.29) is 5.69 Å². The Morgan fingerprint density at radius 1 is 1.24 bits per heavy atom. The van der Waals surface area contributed by atoms with Crippen LogP contribution in [-0.2, 0) is 0 Å². The van der Waals surface area contributed by atoms with Crippen LogP contribution < -0.4 is 0 Å². The number of benzene rings is 1. The average molecular weight is 240 g/mol. The van der Waals surface area contributed by atoms with E-state index in [0.29, 0.717) is 0 Å². The average Bonchev–Trinajstić information content (AvgIpc) is 2.65. The zero-order valence-electron chi connectivity index (χ0n) is 8.26. The Hall–Kier alpha value is -2.44. The zero-order chi connectivity index (χ0) is 12.6. The molecule has 7 heteroatoms. The number of hydrogen-bond acceptors (Lipinski definition) is 3. The van der Waals surface area contributed by atoms with E-state index >= 15 is 0 Å². The number of halogens is 2. The largest absolute Gasteiger partial charge is 0.493 e.